The Hall–Kier alpha value is -0.800. The molecule has 3 aliphatic rings. The molecule has 0 aromatic heterocycles. The van der Waals surface area contributed by atoms with Gasteiger partial charge in [0.25, 0.3) is 10.2 Å². The second-order valence-corrected chi connectivity index (χ2v) is 14.2. The Morgan fingerprint density at radius 1 is 0.967 bits per heavy atom. The molecule has 0 aromatic carbocycles. The lowest BCUT2D eigenvalue weighted by Gasteiger charge is -2.38. The van der Waals surface area contributed by atoms with Crippen molar-refractivity contribution in [2.75, 3.05) is 57.4 Å². The van der Waals surface area contributed by atoms with Crippen LogP contribution in [-0.2, 0) is 39.6 Å². The van der Waals surface area contributed by atoms with E-state index in [4.69, 9.17) is 4.74 Å². The van der Waals surface area contributed by atoms with Gasteiger partial charge >= 0.3 is 5.97 Å². The van der Waals surface area contributed by atoms with E-state index in [9.17, 15) is 30.0 Å². The smallest absolute Gasteiger partial charge is 0.310 e. The molecular formula is C16H29N3O8S3. The van der Waals surface area contributed by atoms with Gasteiger partial charge in [0.15, 0.2) is 9.84 Å². The molecule has 0 aliphatic carbocycles. The Labute approximate surface area is 178 Å². The topological polar surface area (TPSA) is 138 Å². The average Bonchev–Trinajstić information content (AvgIpc) is 3.09. The molecule has 0 N–H and O–H groups in total. The molecule has 30 heavy (non-hydrogen) atoms. The van der Waals surface area contributed by atoms with Gasteiger partial charge in [-0.1, -0.05) is 0 Å². The van der Waals surface area contributed by atoms with Gasteiger partial charge in [-0.15, -0.1) is 0 Å². The Bertz CT molecular complexity index is 956. The lowest BCUT2D eigenvalue weighted by atomic mass is 10.0. The number of carbonyl (C=O) groups is 1. The van der Waals surface area contributed by atoms with Gasteiger partial charge in [0.05, 0.1) is 29.3 Å². The summed E-state index contributed by atoms with van der Waals surface area (Å²) in [6.07, 6.45) is 1.20. The maximum atomic E-state index is 13.0. The number of sulfonamides is 1. The van der Waals surface area contributed by atoms with Gasteiger partial charge in [-0.3, -0.25) is 4.79 Å². The van der Waals surface area contributed by atoms with Crippen molar-refractivity contribution in [2.24, 2.45) is 5.92 Å². The molecule has 0 bridgehead atoms. The van der Waals surface area contributed by atoms with Crippen LogP contribution in [0.3, 0.4) is 0 Å². The van der Waals surface area contributed by atoms with Crippen LogP contribution in [0, 0.1) is 5.92 Å². The minimum atomic E-state index is -3.83. The monoisotopic (exact) mass is 487 g/mol. The maximum Gasteiger partial charge on any atom is 0.310 e. The summed E-state index contributed by atoms with van der Waals surface area (Å²) in [5.41, 5.74) is 0. The van der Waals surface area contributed by atoms with Crippen LogP contribution in [-0.4, -0.2) is 107 Å². The van der Waals surface area contributed by atoms with Crippen LogP contribution in [0.25, 0.3) is 0 Å². The van der Waals surface area contributed by atoms with Gasteiger partial charge in [0.2, 0.25) is 10.0 Å². The predicted molar refractivity (Wildman–Crippen MR) is 109 cm³/mol. The molecule has 11 nitrogen and oxygen atoms in total. The summed E-state index contributed by atoms with van der Waals surface area (Å²) in [5, 5.41) is -0.960. The molecule has 3 saturated heterocycles. The summed E-state index contributed by atoms with van der Waals surface area (Å²) in [5.74, 6) is -1.42. The summed E-state index contributed by atoms with van der Waals surface area (Å²) < 4.78 is 83.5. The van der Waals surface area contributed by atoms with E-state index >= 15 is 0 Å². The molecule has 0 radical (unpaired) electrons. The third-order valence-electron chi connectivity index (χ3n) is 5.83. The van der Waals surface area contributed by atoms with Crippen molar-refractivity contribution in [3.63, 3.8) is 0 Å². The van der Waals surface area contributed by atoms with Gasteiger partial charge in [-0.2, -0.15) is 21.3 Å². The van der Waals surface area contributed by atoms with E-state index < -0.39 is 47.2 Å². The quantitative estimate of drug-likeness (QED) is 0.419. The first-order valence-electron chi connectivity index (χ1n) is 10.1. The minimum Gasteiger partial charge on any atom is -0.466 e. The predicted octanol–water partition coefficient (Wildman–Crippen LogP) is -1.36. The number of rotatable bonds is 6. The molecule has 2 atom stereocenters. The number of hydrogen-bond donors (Lipinski definition) is 0. The normalized spacial score (nSPS) is 29.6. The number of hydrogen-bond acceptors (Lipinski definition) is 8. The fraction of sp³-hybridized carbons (Fsp3) is 0.938. The zero-order chi connectivity index (χ0) is 22.2. The molecule has 3 aliphatic heterocycles. The standard InChI is InChI=1S/C16H29N3O8S3/c1-2-27-16(20)14-4-3-6-19(12-14)30(25,26)18-9-7-17(8-10-18)29(23,24)15-5-11-28(21,22)13-15/h14-15H,2-13H2,1H3/t14-,15-/m0/s1. The number of nitrogens with zero attached hydrogens (tertiary/aromatic N) is 3. The van der Waals surface area contributed by atoms with E-state index in [2.05, 4.69) is 0 Å². The van der Waals surface area contributed by atoms with Crippen molar-refractivity contribution in [3.8, 4) is 0 Å². The highest BCUT2D eigenvalue weighted by atomic mass is 32.2. The van der Waals surface area contributed by atoms with Crippen molar-refractivity contribution >= 4 is 36.0 Å². The van der Waals surface area contributed by atoms with Crippen LogP contribution in [0.1, 0.15) is 26.2 Å². The molecule has 0 amide bonds. The van der Waals surface area contributed by atoms with Crippen molar-refractivity contribution in [1.29, 1.82) is 0 Å². The van der Waals surface area contributed by atoms with Crippen LogP contribution in [0.15, 0.2) is 0 Å². The highest BCUT2D eigenvalue weighted by Gasteiger charge is 2.43. The minimum absolute atomic E-state index is 0.0123. The SMILES string of the molecule is CCOC(=O)[C@H]1CCCN(S(=O)(=O)N2CCN(S(=O)(=O)[C@H]3CCS(=O)(=O)C3)CC2)C1. The number of piperazine rings is 1. The van der Waals surface area contributed by atoms with Gasteiger partial charge in [0.1, 0.15) is 0 Å². The van der Waals surface area contributed by atoms with Crippen molar-refractivity contribution < 1.29 is 34.8 Å². The molecule has 174 valence electrons. The molecule has 0 saturated carbocycles. The molecular weight excluding hydrogens is 458 g/mol. The fourth-order valence-electron chi connectivity index (χ4n) is 4.13. The number of piperidine rings is 1. The first-order chi connectivity index (χ1) is 14.0. The van der Waals surface area contributed by atoms with Crippen LogP contribution < -0.4 is 0 Å². The molecule has 14 heteroatoms. The first kappa shape index (κ1) is 23.9. The van der Waals surface area contributed by atoms with Crippen LogP contribution in [0.2, 0.25) is 0 Å². The highest BCUT2D eigenvalue weighted by molar-refractivity contribution is 7.95. The molecule has 3 fully saturated rings. The summed E-state index contributed by atoms with van der Waals surface area (Å²) in [6, 6.07) is 0. The first-order valence-corrected chi connectivity index (χ1v) is 14.8. The third-order valence-corrected chi connectivity index (χ3v) is 12.1. The largest absolute Gasteiger partial charge is 0.466 e. The van der Waals surface area contributed by atoms with Crippen LogP contribution in [0.5, 0.6) is 0 Å². The Balaban J connectivity index is 1.62. The van der Waals surface area contributed by atoms with Crippen molar-refractivity contribution in [3.05, 3.63) is 0 Å². The van der Waals surface area contributed by atoms with Gasteiger partial charge < -0.3 is 4.74 Å². The van der Waals surface area contributed by atoms with Gasteiger partial charge in [-0.05, 0) is 26.2 Å². The average molecular weight is 488 g/mol. The second kappa shape index (κ2) is 8.98. The summed E-state index contributed by atoms with van der Waals surface area (Å²) >= 11 is 0. The second-order valence-electron chi connectivity index (χ2n) is 7.83. The molecule has 3 rings (SSSR count). The van der Waals surface area contributed by atoms with E-state index in [-0.39, 0.29) is 57.3 Å². The number of sulfone groups is 1. The highest BCUT2D eigenvalue weighted by Crippen LogP contribution is 2.26. The fourth-order valence-corrected chi connectivity index (χ4v) is 10.3. The van der Waals surface area contributed by atoms with E-state index in [1.165, 1.54) is 12.9 Å². The Morgan fingerprint density at radius 2 is 1.60 bits per heavy atom. The van der Waals surface area contributed by atoms with Crippen LogP contribution >= 0.6 is 0 Å². The van der Waals surface area contributed by atoms with E-state index in [1.54, 1.807) is 6.92 Å². The summed E-state index contributed by atoms with van der Waals surface area (Å²) in [6.45, 7) is 2.23. The van der Waals surface area contributed by atoms with E-state index in [0.717, 1.165) is 0 Å². The Kier molecular flexibility index (Phi) is 7.14. The van der Waals surface area contributed by atoms with Crippen molar-refractivity contribution in [2.45, 2.75) is 31.4 Å². The number of carbonyl (C=O) groups excluding carboxylic acids is 1. The molecule has 0 unspecified atom stereocenters. The maximum absolute atomic E-state index is 13.0. The number of esters is 1. The molecule has 0 aromatic rings. The zero-order valence-electron chi connectivity index (χ0n) is 17.0. The molecule has 3 heterocycles. The van der Waals surface area contributed by atoms with Gasteiger partial charge in [-0.25, -0.2) is 16.8 Å². The summed E-state index contributed by atoms with van der Waals surface area (Å²) in [7, 11) is -11.0. The van der Waals surface area contributed by atoms with Crippen LogP contribution in [0.4, 0.5) is 0 Å². The lowest BCUT2D eigenvalue weighted by molar-refractivity contribution is -0.149. The zero-order valence-corrected chi connectivity index (χ0v) is 19.4. The van der Waals surface area contributed by atoms with E-state index in [1.807, 2.05) is 0 Å². The lowest BCUT2D eigenvalue weighted by Crippen LogP contribution is -2.56. The van der Waals surface area contributed by atoms with E-state index in [0.29, 0.717) is 19.4 Å². The number of ether oxygens (including phenoxy) is 1. The van der Waals surface area contributed by atoms with Crippen molar-refractivity contribution in [1.82, 2.24) is 12.9 Å². The third kappa shape index (κ3) is 4.99. The van der Waals surface area contributed by atoms with Gasteiger partial charge in [0, 0.05) is 39.3 Å². The molecule has 0 spiro atoms. The summed E-state index contributed by atoms with van der Waals surface area (Å²) in [4.78, 5) is 12.0. The Morgan fingerprint density at radius 3 is 2.17 bits per heavy atom.